The van der Waals surface area contributed by atoms with Crippen molar-refractivity contribution in [2.24, 2.45) is 0 Å². The van der Waals surface area contributed by atoms with Crippen LogP contribution in [0.2, 0.25) is 0 Å². The van der Waals surface area contributed by atoms with Gasteiger partial charge < -0.3 is 20.4 Å². The highest BCUT2D eigenvalue weighted by atomic mass is 16.3. The molecule has 4 N–H and O–H groups in total. The number of fused-ring (bicyclic) bond motifs is 2. The zero-order valence-corrected chi connectivity index (χ0v) is 15.7. The van der Waals surface area contributed by atoms with Crippen molar-refractivity contribution in [1.82, 2.24) is 0 Å². The number of rotatable bonds is 1. The van der Waals surface area contributed by atoms with Crippen LogP contribution in [0, 0.1) is 13.8 Å². The van der Waals surface area contributed by atoms with E-state index < -0.39 is 39.0 Å². The van der Waals surface area contributed by atoms with Crippen LogP contribution in [0.5, 0.6) is 23.0 Å². The molecule has 2 aliphatic carbocycles. The van der Waals surface area contributed by atoms with Crippen molar-refractivity contribution in [2.45, 2.75) is 13.8 Å². The summed E-state index contributed by atoms with van der Waals surface area (Å²) in [7, 11) is 0. The number of aromatic hydroxyl groups is 4. The van der Waals surface area contributed by atoms with Gasteiger partial charge in [-0.3, -0.25) is 19.2 Å². The van der Waals surface area contributed by atoms with E-state index in [2.05, 4.69) is 0 Å². The lowest BCUT2D eigenvalue weighted by atomic mass is 9.87. The predicted molar refractivity (Wildman–Crippen MR) is 110 cm³/mol. The minimum Gasteiger partial charge on any atom is -0.507 e. The van der Waals surface area contributed by atoms with Gasteiger partial charge in [-0.25, -0.2) is 0 Å². The smallest absolute Gasteiger partial charge is 0.226 e. The van der Waals surface area contributed by atoms with Crippen LogP contribution >= 0.6 is 0 Å². The van der Waals surface area contributed by atoms with Gasteiger partial charge in [0.05, 0.1) is 0 Å². The van der Waals surface area contributed by atoms with E-state index in [1.165, 1.54) is 13.8 Å². The van der Waals surface area contributed by atoms with Crippen molar-refractivity contribution in [3.8, 4) is 45.3 Å². The van der Waals surface area contributed by atoms with Crippen molar-refractivity contribution >= 4 is 10.8 Å². The standard InChI is InChI=1S/C22H14O8/c1-7-17(21(29)11-5-15(25)13(23)3-9(11)19(7)27)18-8(2)20(28)10-4-14(24)16(26)6-12(10)22(18)30/h3-6,23,25,27,29H,1-2H3. The molecular formula is C22H14O8. The molecule has 30 heavy (non-hydrogen) atoms. The normalized spacial score (nSPS) is 11.4. The molecule has 0 saturated carbocycles. The van der Waals surface area contributed by atoms with E-state index >= 15 is 0 Å². The molecular weight excluding hydrogens is 392 g/mol. The van der Waals surface area contributed by atoms with E-state index in [4.69, 9.17) is 0 Å². The van der Waals surface area contributed by atoms with Gasteiger partial charge in [0, 0.05) is 56.3 Å². The third-order valence-electron chi connectivity index (χ3n) is 5.36. The van der Waals surface area contributed by atoms with Crippen molar-refractivity contribution in [2.75, 3.05) is 0 Å². The van der Waals surface area contributed by atoms with Crippen molar-refractivity contribution in [1.29, 1.82) is 0 Å². The molecule has 0 spiro atoms. The summed E-state index contributed by atoms with van der Waals surface area (Å²) in [6, 6.07) is 3.69. The molecule has 2 aliphatic rings. The summed E-state index contributed by atoms with van der Waals surface area (Å²) < 4.78 is 0. The Morgan fingerprint density at radius 2 is 1.03 bits per heavy atom. The molecule has 0 amide bonds. The minimum atomic E-state index is -0.948. The SMILES string of the molecule is Cc1c(-c2c(C)c(=O)c3cc(=O)c(=O)cc-3c2=O)c(O)c2cc(O)c(O)cc2c1O. The predicted octanol–water partition coefficient (Wildman–Crippen LogP) is 1.37. The van der Waals surface area contributed by atoms with Gasteiger partial charge in [0.25, 0.3) is 0 Å². The molecule has 0 fully saturated rings. The first-order chi connectivity index (χ1) is 14.0. The van der Waals surface area contributed by atoms with Gasteiger partial charge in [-0.2, -0.15) is 0 Å². The molecule has 4 rings (SSSR count). The first kappa shape index (κ1) is 19.1. The molecule has 0 heterocycles. The fraction of sp³-hybridized carbons (Fsp3) is 0.0909. The lowest BCUT2D eigenvalue weighted by molar-refractivity contribution is 0.404. The maximum atomic E-state index is 13.2. The Bertz CT molecular complexity index is 1570. The number of benzene rings is 4. The molecule has 150 valence electrons. The Morgan fingerprint density at radius 3 is 1.57 bits per heavy atom. The summed E-state index contributed by atoms with van der Waals surface area (Å²) in [5.41, 5.74) is -4.16. The second kappa shape index (κ2) is 6.15. The lowest BCUT2D eigenvalue weighted by Crippen LogP contribution is -2.30. The van der Waals surface area contributed by atoms with E-state index in [-0.39, 0.29) is 49.9 Å². The van der Waals surface area contributed by atoms with Crippen LogP contribution < -0.4 is 21.7 Å². The van der Waals surface area contributed by atoms with Gasteiger partial charge in [-0.1, -0.05) is 0 Å². The maximum Gasteiger partial charge on any atom is 0.226 e. The molecule has 0 saturated heterocycles. The van der Waals surface area contributed by atoms with Crippen LogP contribution in [-0.4, -0.2) is 20.4 Å². The van der Waals surface area contributed by atoms with Crippen LogP contribution in [-0.2, 0) is 0 Å². The van der Waals surface area contributed by atoms with Crippen molar-refractivity contribution in [3.63, 3.8) is 0 Å². The van der Waals surface area contributed by atoms with Crippen LogP contribution in [0.3, 0.4) is 0 Å². The second-order valence-electron chi connectivity index (χ2n) is 7.09. The quantitative estimate of drug-likeness (QED) is 0.210. The second-order valence-corrected chi connectivity index (χ2v) is 7.09. The Balaban J connectivity index is 2.26. The zero-order chi connectivity index (χ0) is 22.1. The molecule has 0 atom stereocenters. The zero-order valence-electron chi connectivity index (χ0n) is 15.7. The average molecular weight is 406 g/mol. The van der Waals surface area contributed by atoms with Gasteiger partial charge in [-0.15, -0.1) is 0 Å². The highest BCUT2D eigenvalue weighted by Gasteiger charge is 2.27. The highest BCUT2D eigenvalue weighted by molar-refractivity contribution is 6.03. The molecule has 0 aliphatic heterocycles. The van der Waals surface area contributed by atoms with Gasteiger partial charge >= 0.3 is 0 Å². The maximum absolute atomic E-state index is 13.2. The van der Waals surface area contributed by atoms with E-state index in [0.29, 0.717) is 0 Å². The Kier molecular flexibility index (Phi) is 3.92. The molecule has 0 bridgehead atoms. The molecule has 0 unspecified atom stereocenters. The van der Waals surface area contributed by atoms with Crippen molar-refractivity contribution in [3.05, 3.63) is 76.3 Å². The van der Waals surface area contributed by atoms with E-state index in [0.717, 1.165) is 24.3 Å². The number of phenols is 4. The molecule has 2 aromatic rings. The average Bonchev–Trinajstić information content (AvgIpc) is 2.70. The fourth-order valence-electron chi connectivity index (χ4n) is 3.76. The van der Waals surface area contributed by atoms with Crippen LogP contribution in [0.15, 0.2) is 43.4 Å². The fourth-order valence-corrected chi connectivity index (χ4v) is 3.76. The summed E-state index contributed by atoms with van der Waals surface area (Å²) in [5.74, 6) is -1.96. The summed E-state index contributed by atoms with van der Waals surface area (Å²) in [4.78, 5) is 49.4. The summed E-state index contributed by atoms with van der Waals surface area (Å²) in [5, 5.41) is 41.0. The minimum absolute atomic E-state index is 0.0233. The Morgan fingerprint density at radius 1 is 0.567 bits per heavy atom. The molecule has 8 heteroatoms. The third-order valence-corrected chi connectivity index (χ3v) is 5.36. The number of phenolic OH excluding ortho intramolecular Hbond substituents is 4. The van der Waals surface area contributed by atoms with Gasteiger partial charge in [0.2, 0.25) is 10.9 Å². The van der Waals surface area contributed by atoms with Crippen molar-refractivity contribution < 1.29 is 20.4 Å². The molecule has 8 nitrogen and oxygen atoms in total. The first-order valence-electron chi connectivity index (χ1n) is 8.77. The summed E-state index contributed by atoms with van der Waals surface area (Å²) >= 11 is 0. The monoisotopic (exact) mass is 406 g/mol. The number of hydrogen-bond donors (Lipinski definition) is 4. The summed E-state index contributed by atoms with van der Waals surface area (Å²) in [6.45, 7) is 2.74. The van der Waals surface area contributed by atoms with E-state index in [1.54, 1.807) is 0 Å². The lowest BCUT2D eigenvalue weighted by Gasteiger charge is -2.17. The third kappa shape index (κ3) is 2.40. The topological polar surface area (TPSA) is 149 Å². The highest BCUT2D eigenvalue weighted by Crippen LogP contribution is 2.47. The summed E-state index contributed by atoms with van der Waals surface area (Å²) in [6.07, 6.45) is 0. The Labute approximate surface area is 167 Å². The Hall–Kier alpha value is -4.20. The van der Waals surface area contributed by atoms with Gasteiger partial charge in [0.15, 0.2) is 22.4 Å². The largest absolute Gasteiger partial charge is 0.507 e. The first-order valence-corrected chi connectivity index (χ1v) is 8.77. The van der Waals surface area contributed by atoms with Gasteiger partial charge in [0.1, 0.15) is 11.5 Å². The molecule has 0 radical (unpaired) electrons. The molecule has 0 aromatic heterocycles. The van der Waals surface area contributed by atoms with Crippen LogP contribution in [0.1, 0.15) is 11.1 Å². The van der Waals surface area contributed by atoms with E-state index in [9.17, 15) is 39.6 Å². The van der Waals surface area contributed by atoms with Gasteiger partial charge in [-0.05, 0) is 26.0 Å². The van der Waals surface area contributed by atoms with Crippen LogP contribution in [0.4, 0.5) is 0 Å². The van der Waals surface area contributed by atoms with Crippen LogP contribution in [0.25, 0.3) is 33.0 Å². The number of hydrogen-bond acceptors (Lipinski definition) is 8. The molecule has 2 aromatic carbocycles. The van der Waals surface area contributed by atoms with E-state index in [1.807, 2.05) is 0 Å².